The van der Waals surface area contributed by atoms with Crippen LogP contribution >= 0.6 is 0 Å². The Hall–Kier alpha value is -2.90. The van der Waals surface area contributed by atoms with Crippen LogP contribution in [0.5, 0.6) is 17.2 Å². The van der Waals surface area contributed by atoms with E-state index in [0.29, 0.717) is 11.3 Å². The molecule has 2 rings (SSSR count). The van der Waals surface area contributed by atoms with E-state index in [1.807, 2.05) is 0 Å². The number of benzene rings is 2. The van der Waals surface area contributed by atoms with E-state index >= 15 is 0 Å². The van der Waals surface area contributed by atoms with Gasteiger partial charge in [-0.15, -0.1) is 13.2 Å². The Morgan fingerprint density at radius 2 is 1.79 bits per heavy atom. The van der Waals surface area contributed by atoms with E-state index in [-0.39, 0.29) is 17.1 Å². The van der Waals surface area contributed by atoms with Gasteiger partial charge in [-0.05, 0) is 48.9 Å². The molecular weight excluding hydrogens is 327 g/mol. The number of anilines is 1. The SMILES string of the molecule is COC(=O)c1ccc(Oc2ccc(N)c(C)c2)c(OC(F)(F)F)c1. The molecule has 0 aliphatic heterocycles. The number of carbonyl (C=O) groups excluding carboxylic acids is 1. The van der Waals surface area contributed by atoms with E-state index in [1.165, 1.54) is 18.2 Å². The van der Waals surface area contributed by atoms with Crippen LogP contribution in [-0.2, 0) is 4.74 Å². The van der Waals surface area contributed by atoms with Crippen molar-refractivity contribution >= 4 is 11.7 Å². The zero-order valence-electron chi connectivity index (χ0n) is 12.8. The number of nitrogen functional groups attached to an aromatic ring is 1. The third-order valence-electron chi connectivity index (χ3n) is 3.06. The summed E-state index contributed by atoms with van der Waals surface area (Å²) < 4.78 is 51.6. The molecule has 8 heteroatoms. The third kappa shape index (κ3) is 4.31. The van der Waals surface area contributed by atoms with E-state index in [0.717, 1.165) is 13.2 Å². The first-order chi connectivity index (χ1) is 11.2. The van der Waals surface area contributed by atoms with Gasteiger partial charge in [-0.3, -0.25) is 0 Å². The van der Waals surface area contributed by atoms with Crippen molar-refractivity contribution < 1.29 is 32.2 Å². The average molecular weight is 341 g/mol. The summed E-state index contributed by atoms with van der Waals surface area (Å²) in [5, 5.41) is 0. The maximum absolute atomic E-state index is 12.6. The smallest absolute Gasteiger partial charge is 0.465 e. The van der Waals surface area contributed by atoms with Gasteiger partial charge in [0.2, 0.25) is 0 Å². The highest BCUT2D eigenvalue weighted by molar-refractivity contribution is 5.90. The number of aryl methyl sites for hydroxylation is 1. The van der Waals surface area contributed by atoms with Gasteiger partial charge in [-0.25, -0.2) is 4.79 Å². The fourth-order valence-electron chi connectivity index (χ4n) is 1.88. The predicted molar refractivity (Wildman–Crippen MR) is 80.1 cm³/mol. The third-order valence-corrected chi connectivity index (χ3v) is 3.06. The molecule has 0 aliphatic rings. The first-order valence-corrected chi connectivity index (χ1v) is 6.71. The van der Waals surface area contributed by atoms with Gasteiger partial charge in [0.05, 0.1) is 12.7 Å². The lowest BCUT2D eigenvalue weighted by atomic mass is 10.2. The van der Waals surface area contributed by atoms with E-state index < -0.39 is 18.1 Å². The number of methoxy groups -OCH3 is 1. The lowest BCUT2D eigenvalue weighted by molar-refractivity contribution is -0.275. The van der Waals surface area contributed by atoms with Crippen molar-refractivity contribution in [3.05, 3.63) is 47.5 Å². The van der Waals surface area contributed by atoms with Crippen LogP contribution in [0.1, 0.15) is 15.9 Å². The van der Waals surface area contributed by atoms with Crippen molar-refractivity contribution in [2.75, 3.05) is 12.8 Å². The molecule has 0 saturated heterocycles. The van der Waals surface area contributed by atoms with Crippen molar-refractivity contribution in [3.8, 4) is 17.2 Å². The number of rotatable bonds is 4. The molecule has 0 aromatic heterocycles. The molecule has 0 bridgehead atoms. The molecule has 0 radical (unpaired) electrons. The molecule has 0 spiro atoms. The Kier molecular flexibility index (Phi) is 4.87. The van der Waals surface area contributed by atoms with Gasteiger partial charge in [0.25, 0.3) is 0 Å². The average Bonchev–Trinajstić information content (AvgIpc) is 2.50. The molecule has 0 amide bonds. The lowest BCUT2D eigenvalue weighted by Gasteiger charge is -2.15. The van der Waals surface area contributed by atoms with Gasteiger partial charge < -0.3 is 19.9 Å². The molecule has 0 unspecified atom stereocenters. The maximum Gasteiger partial charge on any atom is 0.573 e. The molecule has 2 N–H and O–H groups in total. The Morgan fingerprint density at radius 1 is 1.08 bits per heavy atom. The largest absolute Gasteiger partial charge is 0.573 e. The van der Waals surface area contributed by atoms with Gasteiger partial charge in [0.15, 0.2) is 11.5 Å². The number of esters is 1. The number of alkyl halides is 3. The lowest BCUT2D eigenvalue weighted by Crippen LogP contribution is -2.18. The summed E-state index contributed by atoms with van der Waals surface area (Å²) in [6.45, 7) is 1.73. The van der Waals surface area contributed by atoms with Crippen molar-refractivity contribution in [2.45, 2.75) is 13.3 Å². The highest BCUT2D eigenvalue weighted by Gasteiger charge is 2.33. The predicted octanol–water partition coefficient (Wildman–Crippen LogP) is 4.05. The van der Waals surface area contributed by atoms with Crippen LogP contribution < -0.4 is 15.2 Å². The summed E-state index contributed by atoms with van der Waals surface area (Å²) in [6, 6.07) is 8.01. The topological polar surface area (TPSA) is 70.8 Å². The molecule has 24 heavy (non-hydrogen) atoms. The molecule has 2 aromatic carbocycles. The molecule has 5 nitrogen and oxygen atoms in total. The van der Waals surface area contributed by atoms with E-state index in [4.69, 9.17) is 10.5 Å². The van der Waals surface area contributed by atoms with E-state index in [2.05, 4.69) is 9.47 Å². The summed E-state index contributed by atoms with van der Waals surface area (Å²) in [5.41, 5.74) is 6.81. The number of carbonyl (C=O) groups is 1. The number of hydrogen-bond acceptors (Lipinski definition) is 5. The zero-order chi connectivity index (χ0) is 17.9. The molecule has 0 atom stereocenters. The van der Waals surface area contributed by atoms with Crippen LogP contribution in [0.25, 0.3) is 0 Å². The van der Waals surface area contributed by atoms with E-state index in [1.54, 1.807) is 19.1 Å². The Labute approximate surface area is 135 Å². The Morgan fingerprint density at radius 3 is 2.38 bits per heavy atom. The Bertz CT molecular complexity index is 759. The number of nitrogens with two attached hydrogens (primary N) is 1. The summed E-state index contributed by atoms with van der Waals surface area (Å²) in [6.07, 6.45) is -4.94. The van der Waals surface area contributed by atoms with Crippen molar-refractivity contribution in [3.63, 3.8) is 0 Å². The molecule has 0 aliphatic carbocycles. The number of hydrogen-bond donors (Lipinski definition) is 1. The van der Waals surface area contributed by atoms with Crippen LogP contribution in [0.2, 0.25) is 0 Å². The van der Waals surface area contributed by atoms with Crippen LogP contribution in [0.4, 0.5) is 18.9 Å². The highest BCUT2D eigenvalue weighted by Crippen LogP contribution is 2.36. The minimum absolute atomic E-state index is 0.0995. The molecule has 0 fully saturated rings. The highest BCUT2D eigenvalue weighted by atomic mass is 19.4. The second-order valence-electron chi connectivity index (χ2n) is 4.82. The Balaban J connectivity index is 2.39. The quantitative estimate of drug-likeness (QED) is 0.671. The van der Waals surface area contributed by atoms with E-state index in [9.17, 15) is 18.0 Å². The van der Waals surface area contributed by atoms with Crippen LogP contribution in [-0.4, -0.2) is 19.4 Å². The standard InChI is InChI=1S/C16H14F3NO4/c1-9-7-11(4-5-12(9)20)23-13-6-3-10(15(21)22-2)8-14(13)24-16(17,18)19/h3-8H,20H2,1-2H3. The minimum atomic E-state index is -4.94. The monoisotopic (exact) mass is 341 g/mol. The van der Waals surface area contributed by atoms with Gasteiger partial charge in [-0.1, -0.05) is 0 Å². The molecule has 128 valence electrons. The minimum Gasteiger partial charge on any atom is -0.465 e. The summed E-state index contributed by atoms with van der Waals surface area (Å²) in [7, 11) is 1.12. The van der Waals surface area contributed by atoms with Gasteiger partial charge in [-0.2, -0.15) is 0 Å². The summed E-state index contributed by atoms with van der Waals surface area (Å²) >= 11 is 0. The maximum atomic E-state index is 12.6. The fraction of sp³-hybridized carbons (Fsp3) is 0.188. The molecule has 2 aromatic rings. The molecule has 0 heterocycles. The summed E-state index contributed by atoms with van der Waals surface area (Å²) in [5.74, 6) is -1.37. The normalized spacial score (nSPS) is 11.0. The molecular formula is C16H14F3NO4. The van der Waals surface area contributed by atoms with Gasteiger partial charge in [0, 0.05) is 5.69 Å². The van der Waals surface area contributed by atoms with Gasteiger partial charge in [0.1, 0.15) is 5.75 Å². The molecule has 0 saturated carbocycles. The second kappa shape index (κ2) is 6.69. The van der Waals surface area contributed by atoms with Crippen LogP contribution in [0.15, 0.2) is 36.4 Å². The fourth-order valence-corrected chi connectivity index (χ4v) is 1.88. The number of halogens is 3. The second-order valence-corrected chi connectivity index (χ2v) is 4.82. The number of ether oxygens (including phenoxy) is 3. The van der Waals surface area contributed by atoms with Crippen LogP contribution in [0.3, 0.4) is 0 Å². The summed E-state index contributed by atoms with van der Waals surface area (Å²) in [4.78, 5) is 11.5. The van der Waals surface area contributed by atoms with Crippen molar-refractivity contribution in [2.24, 2.45) is 0 Å². The first-order valence-electron chi connectivity index (χ1n) is 6.71. The van der Waals surface area contributed by atoms with Crippen molar-refractivity contribution in [1.29, 1.82) is 0 Å². The first kappa shape index (κ1) is 17.5. The van der Waals surface area contributed by atoms with Crippen molar-refractivity contribution in [1.82, 2.24) is 0 Å². The zero-order valence-corrected chi connectivity index (χ0v) is 12.8. The van der Waals surface area contributed by atoms with Gasteiger partial charge >= 0.3 is 12.3 Å². The van der Waals surface area contributed by atoms with Crippen LogP contribution in [0, 0.1) is 6.92 Å².